The van der Waals surface area contributed by atoms with E-state index in [0.717, 1.165) is 5.69 Å². The molecule has 1 rings (SSSR count). The number of rotatable bonds is 0. The Bertz CT molecular complexity index is 113. The SMILES string of the molecule is Cc1ccn[n-]1.[Li+]. The Morgan fingerprint density at radius 3 is 2.57 bits per heavy atom. The summed E-state index contributed by atoms with van der Waals surface area (Å²) in [7, 11) is 0. The first kappa shape index (κ1) is 6.81. The van der Waals surface area contributed by atoms with E-state index in [2.05, 4.69) is 10.2 Å². The van der Waals surface area contributed by atoms with E-state index in [9.17, 15) is 0 Å². The molecule has 0 unspecified atom stereocenters. The number of aryl methyl sites for hydroxylation is 1. The molecule has 0 radical (unpaired) electrons. The van der Waals surface area contributed by atoms with Gasteiger partial charge in [-0.15, -0.1) is 5.69 Å². The third kappa shape index (κ3) is 1.82. The van der Waals surface area contributed by atoms with Gasteiger partial charge in [-0.2, -0.15) is 0 Å². The minimum Gasteiger partial charge on any atom is -0.579 e. The first-order valence-electron chi connectivity index (χ1n) is 1.80. The third-order valence-electron chi connectivity index (χ3n) is 0.598. The van der Waals surface area contributed by atoms with Gasteiger partial charge in [0, 0.05) is 6.20 Å². The summed E-state index contributed by atoms with van der Waals surface area (Å²) in [5.74, 6) is 0. The summed E-state index contributed by atoms with van der Waals surface area (Å²) < 4.78 is 0. The minimum absolute atomic E-state index is 0. The largest absolute Gasteiger partial charge is 1.00 e. The van der Waals surface area contributed by atoms with Gasteiger partial charge in [0.2, 0.25) is 0 Å². The van der Waals surface area contributed by atoms with Crippen LogP contribution in [0.3, 0.4) is 0 Å². The van der Waals surface area contributed by atoms with Gasteiger partial charge in [-0.1, -0.05) is 13.0 Å². The van der Waals surface area contributed by atoms with Gasteiger partial charge in [-0.3, -0.25) is 0 Å². The van der Waals surface area contributed by atoms with Gasteiger partial charge in [0.15, 0.2) is 0 Å². The third-order valence-corrected chi connectivity index (χ3v) is 0.598. The standard InChI is InChI=1S/C4H5N2.Li/c1-4-2-3-5-6-4;/h2-3H,1H3;/q-1;+1. The number of aromatic nitrogens is 2. The van der Waals surface area contributed by atoms with Crippen LogP contribution in [0.1, 0.15) is 5.69 Å². The fourth-order valence-corrected chi connectivity index (χ4v) is 0.299. The van der Waals surface area contributed by atoms with Gasteiger partial charge in [-0.05, 0) is 0 Å². The quantitative estimate of drug-likeness (QED) is 0.324. The molecule has 0 atom stereocenters. The molecular weight excluding hydrogens is 83.0 g/mol. The topological polar surface area (TPSA) is 27.0 Å². The van der Waals surface area contributed by atoms with Crippen LogP contribution in [-0.2, 0) is 0 Å². The molecule has 0 N–H and O–H groups in total. The van der Waals surface area contributed by atoms with Crippen molar-refractivity contribution in [3.8, 4) is 0 Å². The van der Waals surface area contributed by atoms with Gasteiger partial charge in [0.1, 0.15) is 0 Å². The van der Waals surface area contributed by atoms with Crippen LogP contribution in [-0.4, -0.2) is 5.10 Å². The maximum atomic E-state index is 3.67. The van der Waals surface area contributed by atoms with Crippen molar-refractivity contribution in [2.45, 2.75) is 6.92 Å². The van der Waals surface area contributed by atoms with Gasteiger partial charge in [-0.25, -0.2) is 0 Å². The molecule has 1 aromatic heterocycles. The van der Waals surface area contributed by atoms with Crippen LogP contribution in [0.2, 0.25) is 0 Å². The zero-order valence-electron chi connectivity index (χ0n) is 4.55. The Balaban J connectivity index is 0.000000360. The van der Waals surface area contributed by atoms with E-state index in [1.165, 1.54) is 0 Å². The van der Waals surface area contributed by atoms with Crippen molar-refractivity contribution >= 4 is 0 Å². The number of hydrogen-bond donors (Lipinski definition) is 0. The Morgan fingerprint density at radius 1 is 1.71 bits per heavy atom. The molecule has 1 heterocycles. The molecule has 0 bridgehead atoms. The summed E-state index contributed by atoms with van der Waals surface area (Å²) in [5.41, 5.74) is 0.981. The molecule has 0 saturated heterocycles. The van der Waals surface area contributed by atoms with Crippen molar-refractivity contribution in [2.75, 3.05) is 0 Å². The van der Waals surface area contributed by atoms with Crippen molar-refractivity contribution in [1.82, 2.24) is 10.2 Å². The Kier molecular flexibility index (Phi) is 2.82. The molecule has 0 aliphatic heterocycles. The smallest absolute Gasteiger partial charge is 0.579 e. The molecule has 1 aromatic rings. The monoisotopic (exact) mass is 88.1 g/mol. The summed E-state index contributed by atoms with van der Waals surface area (Å²) in [5, 5.41) is 7.24. The molecule has 3 heteroatoms. The second-order valence-corrected chi connectivity index (χ2v) is 1.17. The number of nitrogens with zero attached hydrogens (tertiary/aromatic N) is 2. The molecule has 32 valence electrons. The minimum atomic E-state index is 0. The Hall–Kier alpha value is -0.193. The summed E-state index contributed by atoms with van der Waals surface area (Å²) in [6, 6.07) is 1.86. The van der Waals surface area contributed by atoms with Crippen molar-refractivity contribution in [3.05, 3.63) is 18.0 Å². The zero-order chi connectivity index (χ0) is 4.41. The van der Waals surface area contributed by atoms with E-state index >= 15 is 0 Å². The maximum Gasteiger partial charge on any atom is 1.00 e. The molecule has 0 aromatic carbocycles. The maximum absolute atomic E-state index is 3.67. The van der Waals surface area contributed by atoms with Crippen LogP contribution >= 0.6 is 0 Å². The van der Waals surface area contributed by atoms with E-state index in [4.69, 9.17) is 0 Å². The fourth-order valence-electron chi connectivity index (χ4n) is 0.299. The van der Waals surface area contributed by atoms with E-state index in [1.807, 2.05) is 13.0 Å². The van der Waals surface area contributed by atoms with Gasteiger partial charge < -0.3 is 10.2 Å². The van der Waals surface area contributed by atoms with Crippen molar-refractivity contribution in [2.24, 2.45) is 0 Å². The second-order valence-electron chi connectivity index (χ2n) is 1.17. The average Bonchev–Trinajstić information content (AvgIpc) is 1.86. The van der Waals surface area contributed by atoms with Crippen molar-refractivity contribution in [1.29, 1.82) is 0 Å². The summed E-state index contributed by atoms with van der Waals surface area (Å²) in [4.78, 5) is 0. The van der Waals surface area contributed by atoms with Crippen LogP contribution in [0, 0.1) is 6.92 Å². The normalized spacial score (nSPS) is 7.57. The summed E-state index contributed by atoms with van der Waals surface area (Å²) in [6.45, 7) is 1.91. The van der Waals surface area contributed by atoms with Gasteiger partial charge >= 0.3 is 18.9 Å². The number of hydrogen-bond acceptors (Lipinski definition) is 1. The molecular formula is C4H5LiN2. The molecule has 0 aliphatic rings. The van der Waals surface area contributed by atoms with Crippen LogP contribution in [0.15, 0.2) is 12.3 Å². The predicted octanol–water partition coefficient (Wildman–Crippen LogP) is -2.65. The summed E-state index contributed by atoms with van der Waals surface area (Å²) in [6.07, 6.45) is 1.68. The van der Waals surface area contributed by atoms with Gasteiger partial charge in [0.05, 0.1) is 0 Å². The first-order chi connectivity index (χ1) is 2.89. The molecule has 7 heavy (non-hydrogen) atoms. The predicted molar refractivity (Wildman–Crippen MR) is 22.3 cm³/mol. The molecule has 2 nitrogen and oxygen atoms in total. The zero-order valence-corrected chi connectivity index (χ0v) is 4.55. The fraction of sp³-hybridized carbons (Fsp3) is 0.250. The van der Waals surface area contributed by atoms with E-state index in [0.29, 0.717) is 0 Å². The van der Waals surface area contributed by atoms with Crippen molar-refractivity contribution in [3.63, 3.8) is 0 Å². The summed E-state index contributed by atoms with van der Waals surface area (Å²) >= 11 is 0. The van der Waals surface area contributed by atoms with E-state index in [1.54, 1.807) is 6.20 Å². The Morgan fingerprint density at radius 2 is 2.43 bits per heavy atom. The Labute approximate surface area is 54.5 Å². The molecule has 0 fully saturated rings. The average molecular weight is 88.0 g/mol. The molecule has 0 spiro atoms. The van der Waals surface area contributed by atoms with E-state index < -0.39 is 0 Å². The molecule has 0 saturated carbocycles. The van der Waals surface area contributed by atoms with Crippen molar-refractivity contribution < 1.29 is 18.9 Å². The van der Waals surface area contributed by atoms with E-state index in [-0.39, 0.29) is 18.9 Å². The molecule has 0 amide bonds. The van der Waals surface area contributed by atoms with Crippen LogP contribution in [0.5, 0.6) is 0 Å². The van der Waals surface area contributed by atoms with Gasteiger partial charge in [0.25, 0.3) is 0 Å². The van der Waals surface area contributed by atoms with Crippen LogP contribution in [0.4, 0.5) is 0 Å². The molecule has 0 aliphatic carbocycles. The van der Waals surface area contributed by atoms with Crippen LogP contribution in [0.25, 0.3) is 0 Å². The second kappa shape index (κ2) is 2.90. The first-order valence-corrected chi connectivity index (χ1v) is 1.80. The van der Waals surface area contributed by atoms with Crippen LogP contribution < -0.4 is 24.0 Å².